The number of thiophene rings is 1. The van der Waals surface area contributed by atoms with Crippen LogP contribution in [-0.4, -0.2) is 24.5 Å². The van der Waals surface area contributed by atoms with Gasteiger partial charge in [-0.2, -0.15) is 5.26 Å². The highest BCUT2D eigenvalue weighted by Gasteiger charge is 2.10. The van der Waals surface area contributed by atoms with E-state index in [9.17, 15) is 4.79 Å². The second-order valence-corrected chi connectivity index (χ2v) is 4.82. The van der Waals surface area contributed by atoms with Crippen molar-refractivity contribution in [2.75, 3.05) is 18.9 Å². The van der Waals surface area contributed by atoms with E-state index < -0.39 is 0 Å². The lowest BCUT2D eigenvalue weighted by atomic mass is 10.2. The number of carbonyl (C=O) groups excluding carboxylic acids is 1. The molecule has 0 aliphatic rings. The minimum atomic E-state index is -0.189. The SMILES string of the molecule is CN(CCC#N)C(=O)Nc1cccc2ccsc12. The standard InChI is InChI=1S/C13H13N3OS/c1-16(8-3-7-14)13(17)15-11-5-2-4-10-6-9-18-12(10)11/h2,4-6,9H,3,8H2,1H3,(H,15,17). The van der Waals surface area contributed by atoms with E-state index in [1.807, 2.05) is 35.7 Å². The summed E-state index contributed by atoms with van der Waals surface area (Å²) in [5.74, 6) is 0. The van der Waals surface area contributed by atoms with Crippen LogP contribution < -0.4 is 5.32 Å². The minimum absolute atomic E-state index is 0.189. The van der Waals surface area contributed by atoms with Gasteiger partial charge in [0.15, 0.2) is 0 Å². The molecule has 2 rings (SSSR count). The fraction of sp³-hybridized carbons (Fsp3) is 0.231. The molecule has 2 amide bonds. The van der Waals surface area contributed by atoms with E-state index in [-0.39, 0.29) is 6.03 Å². The number of benzene rings is 1. The molecule has 18 heavy (non-hydrogen) atoms. The molecule has 0 aliphatic heterocycles. The van der Waals surface area contributed by atoms with E-state index in [0.29, 0.717) is 13.0 Å². The Morgan fingerprint density at radius 2 is 2.33 bits per heavy atom. The van der Waals surface area contributed by atoms with Gasteiger partial charge in [0, 0.05) is 13.6 Å². The third-order valence-corrected chi connectivity index (χ3v) is 3.59. The molecule has 0 bridgehead atoms. The molecule has 1 aromatic heterocycles. The highest BCUT2D eigenvalue weighted by atomic mass is 32.1. The van der Waals surface area contributed by atoms with Crippen molar-refractivity contribution >= 4 is 33.1 Å². The molecule has 0 fully saturated rings. The second-order valence-electron chi connectivity index (χ2n) is 3.90. The smallest absolute Gasteiger partial charge is 0.321 e. The van der Waals surface area contributed by atoms with Gasteiger partial charge in [-0.1, -0.05) is 12.1 Å². The maximum atomic E-state index is 11.9. The van der Waals surface area contributed by atoms with Crippen LogP contribution in [0.25, 0.3) is 10.1 Å². The van der Waals surface area contributed by atoms with E-state index >= 15 is 0 Å². The van der Waals surface area contributed by atoms with E-state index in [1.165, 1.54) is 4.90 Å². The second kappa shape index (κ2) is 5.52. The fourth-order valence-electron chi connectivity index (χ4n) is 1.62. The molecule has 1 aromatic carbocycles. The maximum absolute atomic E-state index is 11.9. The van der Waals surface area contributed by atoms with Gasteiger partial charge >= 0.3 is 6.03 Å². The zero-order chi connectivity index (χ0) is 13.0. The van der Waals surface area contributed by atoms with Crippen molar-refractivity contribution in [1.29, 1.82) is 5.26 Å². The molecular formula is C13H13N3OS. The van der Waals surface area contributed by atoms with Crippen LogP contribution in [0.5, 0.6) is 0 Å². The number of urea groups is 1. The number of hydrogen-bond acceptors (Lipinski definition) is 3. The first-order valence-corrected chi connectivity index (χ1v) is 6.45. The Kier molecular flexibility index (Phi) is 3.80. The molecule has 0 unspecified atom stereocenters. The first-order chi connectivity index (χ1) is 8.72. The van der Waals surface area contributed by atoms with Crippen LogP contribution in [-0.2, 0) is 0 Å². The van der Waals surface area contributed by atoms with E-state index in [1.54, 1.807) is 18.4 Å². The number of nitriles is 1. The quantitative estimate of drug-likeness (QED) is 0.919. The van der Waals surface area contributed by atoms with E-state index in [4.69, 9.17) is 5.26 Å². The van der Waals surface area contributed by atoms with Crippen molar-refractivity contribution in [2.24, 2.45) is 0 Å². The number of amides is 2. The normalized spacial score (nSPS) is 10.0. The third kappa shape index (κ3) is 2.60. The van der Waals surface area contributed by atoms with Gasteiger partial charge in [-0.25, -0.2) is 4.79 Å². The zero-order valence-corrected chi connectivity index (χ0v) is 10.8. The molecular weight excluding hydrogens is 246 g/mol. The number of nitrogens with one attached hydrogen (secondary N) is 1. The van der Waals surface area contributed by atoms with Crippen LogP contribution in [0.1, 0.15) is 6.42 Å². The van der Waals surface area contributed by atoms with Gasteiger partial charge in [0.25, 0.3) is 0 Å². The maximum Gasteiger partial charge on any atom is 0.321 e. The lowest BCUT2D eigenvalue weighted by molar-refractivity contribution is 0.223. The van der Waals surface area contributed by atoms with Gasteiger partial charge in [-0.3, -0.25) is 0 Å². The van der Waals surface area contributed by atoms with Crippen molar-refractivity contribution in [3.8, 4) is 6.07 Å². The molecule has 4 nitrogen and oxygen atoms in total. The van der Waals surface area contributed by atoms with Gasteiger partial charge in [-0.05, 0) is 22.9 Å². The number of fused-ring (bicyclic) bond motifs is 1. The summed E-state index contributed by atoms with van der Waals surface area (Å²) in [5.41, 5.74) is 0.816. The summed E-state index contributed by atoms with van der Waals surface area (Å²) < 4.78 is 1.07. The highest BCUT2D eigenvalue weighted by Crippen LogP contribution is 2.28. The van der Waals surface area contributed by atoms with Gasteiger partial charge in [-0.15, -0.1) is 11.3 Å². The Hall–Kier alpha value is -2.06. The molecule has 0 saturated heterocycles. The van der Waals surface area contributed by atoms with Gasteiger partial charge in [0.05, 0.1) is 22.9 Å². The molecule has 92 valence electrons. The number of hydrogen-bond donors (Lipinski definition) is 1. The number of rotatable bonds is 3. The minimum Gasteiger partial charge on any atom is -0.327 e. The number of nitrogens with zero attached hydrogens (tertiary/aromatic N) is 2. The fourth-order valence-corrected chi connectivity index (χ4v) is 2.49. The summed E-state index contributed by atoms with van der Waals surface area (Å²) >= 11 is 1.60. The summed E-state index contributed by atoms with van der Waals surface area (Å²) in [5, 5.41) is 14.5. The first kappa shape index (κ1) is 12.4. The van der Waals surface area contributed by atoms with Gasteiger partial charge < -0.3 is 10.2 Å². The van der Waals surface area contributed by atoms with Crippen molar-refractivity contribution < 1.29 is 4.79 Å². The van der Waals surface area contributed by atoms with Gasteiger partial charge in [0.1, 0.15) is 0 Å². The lowest BCUT2D eigenvalue weighted by Crippen LogP contribution is -2.31. The molecule has 0 saturated carbocycles. The average molecular weight is 259 g/mol. The van der Waals surface area contributed by atoms with Crippen molar-refractivity contribution in [2.45, 2.75) is 6.42 Å². The predicted molar refractivity (Wildman–Crippen MR) is 73.7 cm³/mol. The van der Waals surface area contributed by atoms with Crippen LogP contribution in [0.2, 0.25) is 0 Å². The van der Waals surface area contributed by atoms with Crippen molar-refractivity contribution in [1.82, 2.24) is 4.90 Å². The number of anilines is 1. The molecule has 0 radical (unpaired) electrons. The first-order valence-electron chi connectivity index (χ1n) is 5.57. The molecule has 0 spiro atoms. The predicted octanol–water partition coefficient (Wildman–Crippen LogP) is 3.28. The van der Waals surface area contributed by atoms with Crippen molar-refractivity contribution in [3.05, 3.63) is 29.6 Å². The Morgan fingerprint density at radius 3 is 3.11 bits per heavy atom. The third-order valence-electron chi connectivity index (χ3n) is 2.63. The van der Waals surface area contributed by atoms with Crippen LogP contribution in [0, 0.1) is 11.3 Å². The van der Waals surface area contributed by atoms with Crippen LogP contribution in [0.3, 0.4) is 0 Å². The summed E-state index contributed by atoms with van der Waals surface area (Å²) in [6, 6.07) is 9.67. The van der Waals surface area contributed by atoms with E-state index in [2.05, 4.69) is 5.32 Å². The van der Waals surface area contributed by atoms with E-state index in [0.717, 1.165) is 15.8 Å². The highest BCUT2D eigenvalue weighted by molar-refractivity contribution is 7.17. The Labute approximate surface area is 109 Å². The molecule has 0 aliphatic carbocycles. The average Bonchev–Trinajstić information content (AvgIpc) is 2.85. The van der Waals surface area contributed by atoms with Crippen LogP contribution in [0.15, 0.2) is 29.6 Å². The van der Waals surface area contributed by atoms with Crippen LogP contribution >= 0.6 is 11.3 Å². The van der Waals surface area contributed by atoms with Crippen molar-refractivity contribution in [3.63, 3.8) is 0 Å². The monoisotopic (exact) mass is 259 g/mol. The summed E-state index contributed by atoms with van der Waals surface area (Å²) in [6.45, 7) is 0.433. The molecule has 2 aromatic rings. The largest absolute Gasteiger partial charge is 0.327 e. The lowest BCUT2D eigenvalue weighted by Gasteiger charge is -2.16. The Morgan fingerprint density at radius 1 is 1.50 bits per heavy atom. The molecule has 1 heterocycles. The zero-order valence-electron chi connectivity index (χ0n) is 10.0. The molecule has 0 atom stereocenters. The molecule has 1 N–H and O–H groups in total. The number of carbonyl (C=O) groups is 1. The summed E-state index contributed by atoms with van der Waals surface area (Å²) in [7, 11) is 1.68. The topological polar surface area (TPSA) is 56.1 Å². The Balaban J connectivity index is 2.12. The van der Waals surface area contributed by atoms with Gasteiger partial charge in [0.2, 0.25) is 0 Å². The summed E-state index contributed by atoms with van der Waals surface area (Å²) in [6.07, 6.45) is 0.340. The Bertz CT molecular complexity index is 600. The molecule has 5 heteroatoms. The summed E-state index contributed by atoms with van der Waals surface area (Å²) in [4.78, 5) is 13.4. The van der Waals surface area contributed by atoms with Crippen LogP contribution in [0.4, 0.5) is 10.5 Å².